The average molecular weight is 421 g/mol. The van der Waals surface area contributed by atoms with Crippen molar-refractivity contribution < 1.29 is 14.3 Å². The largest absolute Gasteiger partial charge is 0.445 e. The number of para-hydroxylation sites is 1. The molecule has 0 radical (unpaired) electrons. The molecule has 4 aromatic rings. The first-order valence-corrected chi connectivity index (χ1v) is 11.0. The Kier molecular flexibility index (Phi) is 5.51. The number of aryl methyl sites for hydroxylation is 1. The van der Waals surface area contributed by atoms with Crippen LogP contribution in [0.4, 0.5) is 0 Å². The van der Waals surface area contributed by atoms with E-state index in [0.717, 1.165) is 47.8 Å². The summed E-state index contributed by atoms with van der Waals surface area (Å²) in [6, 6.07) is 25.8. The highest BCUT2D eigenvalue weighted by Crippen LogP contribution is 2.32. The molecule has 4 nitrogen and oxygen atoms in total. The van der Waals surface area contributed by atoms with E-state index in [2.05, 4.69) is 0 Å². The molecule has 0 aliphatic heterocycles. The number of ketones is 1. The minimum atomic E-state index is -1.02. The summed E-state index contributed by atoms with van der Waals surface area (Å²) in [6.45, 7) is 0. The third kappa shape index (κ3) is 3.80. The smallest absolute Gasteiger partial charge is 0.340 e. The standard InChI is InChI=1S/C28H23NO3/c30-26(19-11-3-1-4-12-19)27(20-13-5-2-6-14-20)32-28(31)25-21-15-7-9-17-23(21)29-24-18-10-8-16-22(24)25/h1-7,9,11-15,17,27H,8,10,16,18H2. The number of ether oxygens (including phenoxy) is 1. The van der Waals surface area contributed by atoms with Gasteiger partial charge >= 0.3 is 5.97 Å². The van der Waals surface area contributed by atoms with Crippen LogP contribution in [-0.4, -0.2) is 16.7 Å². The number of fused-ring (bicyclic) bond motifs is 2. The summed E-state index contributed by atoms with van der Waals surface area (Å²) < 4.78 is 6.00. The Hall–Kier alpha value is -3.79. The van der Waals surface area contributed by atoms with E-state index in [1.54, 1.807) is 12.1 Å². The van der Waals surface area contributed by atoms with Gasteiger partial charge in [0.1, 0.15) is 0 Å². The molecule has 158 valence electrons. The van der Waals surface area contributed by atoms with Crippen LogP contribution in [0.15, 0.2) is 84.9 Å². The predicted octanol–water partition coefficient (Wildman–Crippen LogP) is 5.89. The van der Waals surface area contributed by atoms with Crippen LogP contribution in [0.5, 0.6) is 0 Å². The van der Waals surface area contributed by atoms with Gasteiger partial charge in [-0.05, 0) is 37.3 Å². The van der Waals surface area contributed by atoms with Crippen molar-refractivity contribution in [2.24, 2.45) is 0 Å². The molecule has 1 aliphatic carbocycles. The van der Waals surface area contributed by atoms with Gasteiger partial charge in [0.25, 0.3) is 0 Å². The Balaban J connectivity index is 1.59. The van der Waals surface area contributed by atoms with Crippen LogP contribution in [0, 0.1) is 0 Å². The molecule has 0 bridgehead atoms. The van der Waals surface area contributed by atoms with Crippen molar-refractivity contribution in [3.63, 3.8) is 0 Å². The monoisotopic (exact) mass is 421 g/mol. The van der Waals surface area contributed by atoms with Gasteiger partial charge in [0, 0.05) is 22.2 Å². The zero-order valence-electron chi connectivity index (χ0n) is 17.7. The van der Waals surface area contributed by atoms with Crippen molar-refractivity contribution in [2.75, 3.05) is 0 Å². The number of rotatable bonds is 5. The molecule has 1 heterocycles. The number of hydrogen-bond acceptors (Lipinski definition) is 4. The summed E-state index contributed by atoms with van der Waals surface area (Å²) in [5, 5.41) is 0.775. The maximum atomic E-state index is 13.6. The molecule has 1 unspecified atom stereocenters. The lowest BCUT2D eigenvalue weighted by molar-refractivity contribution is 0.0280. The molecule has 0 N–H and O–H groups in total. The second kappa shape index (κ2) is 8.75. The number of esters is 1. The molecule has 1 aliphatic rings. The lowest BCUT2D eigenvalue weighted by Gasteiger charge is -2.22. The Bertz CT molecular complexity index is 1280. The highest BCUT2D eigenvalue weighted by atomic mass is 16.5. The van der Waals surface area contributed by atoms with Crippen LogP contribution >= 0.6 is 0 Å². The number of Topliss-reactive ketones (excluding diaryl/α,β-unsaturated/α-hetero) is 1. The fourth-order valence-corrected chi connectivity index (χ4v) is 4.43. The molecular formula is C28H23NO3. The van der Waals surface area contributed by atoms with Crippen molar-refractivity contribution in [3.05, 3.63) is 113 Å². The van der Waals surface area contributed by atoms with E-state index in [0.29, 0.717) is 16.7 Å². The fourth-order valence-electron chi connectivity index (χ4n) is 4.43. The third-order valence-electron chi connectivity index (χ3n) is 6.00. The van der Waals surface area contributed by atoms with E-state index in [-0.39, 0.29) is 5.78 Å². The van der Waals surface area contributed by atoms with Crippen LogP contribution < -0.4 is 0 Å². The van der Waals surface area contributed by atoms with E-state index >= 15 is 0 Å². The number of carbonyl (C=O) groups is 2. The quantitative estimate of drug-likeness (QED) is 0.298. The number of hydrogen-bond donors (Lipinski definition) is 0. The lowest BCUT2D eigenvalue weighted by Crippen LogP contribution is -2.22. The van der Waals surface area contributed by atoms with Crippen LogP contribution in [0.1, 0.15) is 56.5 Å². The Morgan fingerprint density at radius 3 is 2.22 bits per heavy atom. The molecular weight excluding hydrogens is 398 g/mol. The number of carbonyl (C=O) groups excluding carboxylic acids is 2. The number of pyridine rings is 1. The molecule has 1 atom stereocenters. The van der Waals surface area contributed by atoms with Crippen LogP contribution in [0.2, 0.25) is 0 Å². The summed E-state index contributed by atoms with van der Waals surface area (Å²) in [7, 11) is 0. The molecule has 0 saturated heterocycles. The fraction of sp³-hybridized carbons (Fsp3) is 0.179. The molecule has 32 heavy (non-hydrogen) atoms. The minimum absolute atomic E-state index is 0.239. The van der Waals surface area contributed by atoms with Crippen LogP contribution in [0.3, 0.4) is 0 Å². The number of aromatic nitrogens is 1. The summed E-state index contributed by atoms with van der Waals surface area (Å²) in [5.74, 6) is -0.711. The van der Waals surface area contributed by atoms with Crippen molar-refractivity contribution in [3.8, 4) is 0 Å². The van der Waals surface area contributed by atoms with Crippen molar-refractivity contribution in [2.45, 2.75) is 31.8 Å². The molecule has 5 rings (SSSR count). The molecule has 3 aromatic carbocycles. The van der Waals surface area contributed by atoms with Gasteiger partial charge in [0.2, 0.25) is 5.78 Å². The van der Waals surface area contributed by atoms with E-state index in [9.17, 15) is 9.59 Å². The maximum absolute atomic E-state index is 13.6. The summed E-state index contributed by atoms with van der Waals surface area (Å²) in [6.07, 6.45) is 2.70. The Morgan fingerprint density at radius 1 is 0.781 bits per heavy atom. The molecule has 0 spiro atoms. The SMILES string of the molecule is O=C(OC(C(=O)c1ccccc1)c1ccccc1)c1c2c(nc3ccccc13)CCCC2. The molecule has 0 fully saturated rings. The average Bonchev–Trinajstić information content (AvgIpc) is 2.86. The molecule has 0 saturated carbocycles. The Morgan fingerprint density at radius 2 is 1.44 bits per heavy atom. The summed E-state index contributed by atoms with van der Waals surface area (Å²) >= 11 is 0. The predicted molar refractivity (Wildman–Crippen MR) is 124 cm³/mol. The summed E-state index contributed by atoms with van der Waals surface area (Å²) in [5.41, 5.74) is 4.42. The number of nitrogens with zero attached hydrogens (tertiary/aromatic N) is 1. The molecule has 0 amide bonds. The van der Waals surface area contributed by atoms with Gasteiger partial charge in [-0.2, -0.15) is 0 Å². The van der Waals surface area contributed by atoms with E-state index < -0.39 is 12.1 Å². The van der Waals surface area contributed by atoms with Gasteiger partial charge in [-0.1, -0.05) is 78.9 Å². The van der Waals surface area contributed by atoms with E-state index in [4.69, 9.17) is 9.72 Å². The van der Waals surface area contributed by atoms with Crippen molar-refractivity contribution in [1.82, 2.24) is 4.98 Å². The van der Waals surface area contributed by atoms with Gasteiger partial charge in [-0.3, -0.25) is 9.78 Å². The van der Waals surface area contributed by atoms with Crippen molar-refractivity contribution >= 4 is 22.7 Å². The van der Waals surface area contributed by atoms with Gasteiger partial charge < -0.3 is 4.74 Å². The lowest BCUT2D eigenvalue weighted by atomic mass is 9.89. The number of benzene rings is 3. The maximum Gasteiger partial charge on any atom is 0.340 e. The molecule has 1 aromatic heterocycles. The zero-order valence-corrected chi connectivity index (χ0v) is 17.7. The van der Waals surface area contributed by atoms with Crippen LogP contribution in [0.25, 0.3) is 10.9 Å². The van der Waals surface area contributed by atoms with Gasteiger partial charge in [-0.25, -0.2) is 4.79 Å². The first-order chi connectivity index (χ1) is 15.7. The third-order valence-corrected chi connectivity index (χ3v) is 6.00. The normalized spacial score (nSPS) is 13.9. The molecule has 4 heteroatoms. The first kappa shape index (κ1) is 20.1. The highest BCUT2D eigenvalue weighted by molar-refractivity contribution is 6.07. The van der Waals surface area contributed by atoms with Crippen molar-refractivity contribution in [1.29, 1.82) is 0 Å². The topological polar surface area (TPSA) is 56.3 Å². The Labute approximate surface area is 186 Å². The zero-order chi connectivity index (χ0) is 21.9. The van der Waals surface area contributed by atoms with Gasteiger partial charge in [0.05, 0.1) is 11.1 Å². The highest BCUT2D eigenvalue weighted by Gasteiger charge is 2.30. The van der Waals surface area contributed by atoms with Crippen LogP contribution in [-0.2, 0) is 17.6 Å². The van der Waals surface area contributed by atoms with Gasteiger partial charge in [0.15, 0.2) is 6.10 Å². The van der Waals surface area contributed by atoms with Gasteiger partial charge in [-0.15, -0.1) is 0 Å². The van der Waals surface area contributed by atoms with E-state index in [1.165, 1.54) is 0 Å². The second-order valence-corrected chi connectivity index (χ2v) is 8.06. The van der Waals surface area contributed by atoms with E-state index in [1.807, 2.05) is 72.8 Å². The summed E-state index contributed by atoms with van der Waals surface area (Å²) in [4.78, 5) is 31.8. The minimum Gasteiger partial charge on any atom is -0.445 e. The first-order valence-electron chi connectivity index (χ1n) is 11.0. The second-order valence-electron chi connectivity index (χ2n) is 8.06.